The molecule has 2 rings (SSSR count). The number of hydrogen-bond donors (Lipinski definition) is 2. The van der Waals surface area contributed by atoms with Crippen LogP contribution in [0.25, 0.3) is 0 Å². The van der Waals surface area contributed by atoms with Gasteiger partial charge in [-0.1, -0.05) is 6.92 Å². The van der Waals surface area contributed by atoms with Crippen LogP contribution in [-0.4, -0.2) is 47.7 Å². The zero-order chi connectivity index (χ0) is 12.3. The number of aromatic amines is 1. The molecule has 6 heteroatoms. The van der Waals surface area contributed by atoms with Crippen molar-refractivity contribution in [3.8, 4) is 0 Å². The van der Waals surface area contributed by atoms with E-state index in [1.807, 2.05) is 24.9 Å². The summed E-state index contributed by atoms with van der Waals surface area (Å²) in [5.74, 6) is 0.632. The number of H-pyrrole nitrogens is 1. The van der Waals surface area contributed by atoms with Crippen molar-refractivity contribution in [2.75, 3.05) is 26.7 Å². The third kappa shape index (κ3) is 3.23. The summed E-state index contributed by atoms with van der Waals surface area (Å²) in [7, 11) is 1.95. The molecular formula is C12H21ClN4O. The minimum absolute atomic E-state index is 0. The summed E-state index contributed by atoms with van der Waals surface area (Å²) in [5, 5.41) is 10.1. The Morgan fingerprint density at radius 1 is 1.67 bits per heavy atom. The molecule has 1 amide bonds. The summed E-state index contributed by atoms with van der Waals surface area (Å²) in [6.07, 6.45) is 1.96. The molecule has 1 unspecified atom stereocenters. The van der Waals surface area contributed by atoms with Gasteiger partial charge in [0.25, 0.3) is 5.91 Å². The van der Waals surface area contributed by atoms with Gasteiger partial charge in [0.15, 0.2) is 0 Å². The van der Waals surface area contributed by atoms with Gasteiger partial charge in [0.2, 0.25) is 0 Å². The van der Waals surface area contributed by atoms with E-state index in [0.29, 0.717) is 11.6 Å². The third-order valence-electron chi connectivity index (χ3n) is 3.30. The number of carbonyl (C=O) groups excluding carboxylic acids is 1. The third-order valence-corrected chi connectivity index (χ3v) is 3.30. The summed E-state index contributed by atoms with van der Waals surface area (Å²) in [5.41, 5.74) is 1.56. The number of nitrogens with one attached hydrogen (secondary N) is 2. The summed E-state index contributed by atoms with van der Waals surface area (Å²) >= 11 is 0. The van der Waals surface area contributed by atoms with Crippen molar-refractivity contribution >= 4 is 18.3 Å². The van der Waals surface area contributed by atoms with Crippen LogP contribution in [0.4, 0.5) is 0 Å². The monoisotopic (exact) mass is 272 g/mol. The molecule has 1 saturated heterocycles. The van der Waals surface area contributed by atoms with Gasteiger partial charge in [0.1, 0.15) is 5.69 Å². The van der Waals surface area contributed by atoms with Crippen LogP contribution >= 0.6 is 12.4 Å². The van der Waals surface area contributed by atoms with E-state index in [4.69, 9.17) is 0 Å². The number of aryl methyl sites for hydroxylation is 1. The molecule has 1 aliphatic heterocycles. The van der Waals surface area contributed by atoms with Crippen LogP contribution in [0.1, 0.15) is 29.5 Å². The van der Waals surface area contributed by atoms with Gasteiger partial charge in [-0.2, -0.15) is 5.10 Å². The van der Waals surface area contributed by atoms with Gasteiger partial charge in [0, 0.05) is 18.8 Å². The SMILES string of the molecule is CCc1cc(C(=O)N2CCC(CNC)C2)n[nH]1.Cl. The smallest absolute Gasteiger partial charge is 0.274 e. The second kappa shape index (κ2) is 6.75. The van der Waals surface area contributed by atoms with Gasteiger partial charge in [-0.15, -0.1) is 12.4 Å². The van der Waals surface area contributed by atoms with Crippen molar-refractivity contribution in [2.24, 2.45) is 5.92 Å². The van der Waals surface area contributed by atoms with Gasteiger partial charge >= 0.3 is 0 Å². The predicted molar refractivity (Wildman–Crippen MR) is 73.2 cm³/mol. The van der Waals surface area contributed by atoms with E-state index in [9.17, 15) is 4.79 Å². The van der Waals surface area contributed by atoms with E-state index < -0.39 is 0 Å². The predicted octanol–water partition coefficient (Wildman–Crippen LogP) is 1.08. The topological polar surface area (TPSA) is 61.0 Å². The standard InChI is InChI=1S/C12H20N4O.ClH/c1-3-10-6-11(15-14-10)12(17)16-5-4-9(8-16)7-13-2;/h6,9,13H,3-5,7-8H2,1-2H3,(H,14,15);1H. The number of halogens is 1. The maximum absolute atomic E-state index is 12.1. The molecule has 0 radical (unpaired) electrons. The van der Waals surface area contributed by atoms with E-state index in [1.165, 1.54) is 0 Å². The van der Waals surface area contributed by atoms with Gasteiger partial charge in [-0.05, 0) is 38.4 Å². The number of amides is 1. The van der Waals surface area contributed by atoms with Gasteiger partial charge < -0.3 is 10.2 Å². The largest absolute Gasteiger partial charge is 0.337 e. The summed E-state index contributed by atoms with van der Waals surface area (Å²) in [4.78, 5) is 14.0. The molecule has 0 spiro atoms. The molecule has 2 heterocycles. The molecule has 2 N–H and O–H groups in total. The number of hydrogen-bond acceptors (Lipinski definition) is 3. The Morgan fingerprint density at radius 3 is 3.06 bits per heavy atom. The Labute approximate surface area is 114 Å². The van der Waals surface area contributed by atoms with Crippen LogP contribution in [0, 0.1) is 5.92 Å². The number of rotatable bonds is 4. The highest BCUT2D eigenvalue weighted by molar-refractivity contribution is 5.92. The first-order chi connectivity index (χ1) is 8.24. The number of carbonyl (C=O) groups is 1. The van der Waals surface area contributed by atoms with Crippen LogP contribution in [0.5, 0.6) is 0 Å². The molecule has 0 aliphatic carbocycles. The average Bonchev–Trinajstić information content (AvgIpc) is 2.97. The van der Waals surface area contributed by atoms with E-state index in [1.54, 1.807) is 0 Å². The maximum atomic E-state index is 12.1. The summed E-state index contributed by atoms with van der Waals surface area (Å²) < 4.78 is 0. The van der Waals surface area contributed by atoms with E-state index in [2.05, 4.69) is 15.5 Å². The van der Waals surface area contributed by atoms with E-state index in [0.717, 1.165) is 38.2 Å². The highest BCUT2D eigenvalue weighted by atomic mass is 35.5. The lowest BCUT2D eigenvalue weighted by atomic mass is 10.1. The number of likely N-dealkylation sites (tertiary alicyclic amines) is 1. The quantitative estimate of drug-likeness (QED) is 0.862. The summed E-state index contributed by atoms with van der Waals surface area (Å²) in [6, 6.07) is 1.85. The van der Waals surface area contributed by atoms with Crippen LogP contribution in [0.3, 0.4) is 0 Å². The zero-order valence-corrected chi connectivity index (χ0v) is 11.7. The molecule has 102 valence electrons. The normalized spacial score (nSPS) is 18.8. The van der Waals surface area contributed by atoms with E-state index in [-0.39, 0.29) is 18.3 Å². The molecule has 0 bridgehead atoms. The first-order valence-corrected chi connectivity index (χ1v) is 6.22. The van der Waals surface area contributed by atoms with Crippen LogP contribution < -0.4 is 5.32 Å². The molecule has 0 saturated carbocycles. The fourth-order valence-electron chi connectivity index (χ4n) is 2.29. The fourth-order valence-corrected chi connectivity index (χ4v) is 2.29. The first-order valence-electron chi connectivity index (χ1n) is 6.22. The second-order valence-corrected chi connectivity index (χ2v) is 4.60. The molecule has 1 aliphatic rings. The molecule has 18 heavy (non-hydrogen) atoms. The lowest BCUT2D eigenvalue weighted by Crippen LogP contribution is -2.30. The van der Waals surface area contributed by atoms with Crippen molar-refractivity contribution in [2.45, 2.75) is 19.8 Å². The summed E-state index contributed by atoms with van der Waals surface area (Å²) in [6.45, 7) is 4.71. The minimum atomic E-state index is 0. The molecule has 0 aromatic carbocycles. The average molecular weight is 273 g/mol. The van der Waals surface area contributed by atoms with Crippen molar-refractivity contribution in [1.82, 2.24) is 20.4 Å². The Hall–Kier alpha value is -1.07. The second-order valence-electron chi connectivity index (χ2n) is 4.60. The molecule has 1 aromatic rings. The van der Waals surface area contributed by atoms with Crippen LogP contribution in [0.15, 0.2) is 6.07 Å². The van der Waals surface area contributed by atoms with Crippen LogP contribution in [-0.2, 0) is 6.42 Å². The van der Waals surface area contributed by atoms with Gasteiger partial charge in [-0.3, -0.25) is 9.89 Å². The van der Waals surface area contributed by atoms with Crippen molar-refractivity contribution in [3.63, 3.8) is 0 Å². The highest BCUT2D eigenvalue weighted by Crippen LogP contribution is 2.17. The molecule has 1 fully saturated rings. The first kappa shape index (κ1) is 15.0. The molecule has 1 aromatic heterocycles. The van der Waals surface area contributed by atoms with Crippen molar-refractivity contribution in [1.29, 1.82) is 0 Å². The Kier molecular flexibility index (Phi) is 5.62. The molecule has 5 nitrogen and oxygen atoms in total. The van der Waals surface area contributed by atoms with Gasteiger partial charge in [0.05, 0.1) is 0 Å². The minimum Gasteiger partial charge on any atom is -0.337 e. The van der Waals surface area contributed by atoms with Crippen molar-refractivity contribution in [3.05, 3.63) is 17.5 Å². The Balaban J connectivity index is 0.00000162. The highest BCUT2D eigenvalue weighted by Gasteiger charge is 2.27. The zero-order valence-electron chi connectivity index (χ0n) is 10.9. The van der Waals surface area contributed by atoms with Crippen molar-refractivity contribution < 1.29 is 4.79 Å². The number of aromatic nitrogens is 2. The van der Waals surface area contributed by atoms with Crippen LogP contribution in [0.2, 0.25) is 0 Å². The maximum Gasteiger partial charge on any atom is 0.274 e. The lowest BCUT2D eigenvalue weighted by molar-refractivity contribution is 0.0781. The molecular weight excluding hydrogens is 252 g/mol. The fraction of sp³-hybridized carbons (Fsp3) is 0.667. The Morgan fingerprint density at radius 2 is 2.44 bits per heavy atom. The van der Waals surface area contributed by atoms with E-state index >= 15 is 0 Å². The molecule has 1 atom stereocenters. The number of nitrogens with zero attached hydrogens (tertiary/aromatic N) is 2. The van der Waals surface area contributed by atoms with Gasteiger partial charge in [-0.25, -0.2) is 0 Å². The Bertz CT molecular complexity index is 393. The lowest BCUT2D eigenvalue weighted by Gasteiger charge is -2.14.